The third kappa shape index (κ3) is 6.49. The Balaban J connectivity index is 1.82. The topological polar surface area (TPSA) is 84.9 Å². The Hall–Kier alpha value is -3.04. The first-order valence-corrected chi connectivity index (χ1v) is 12.5. The highest BCUT2D eigenvalue weighted by Gasteiger charge is 2.27. The molecule has 0 fully saturated rings. The standard InChI is InChI=1S/C24H25BrN2O5S/c1-3-32-22-12-8-20(9-13-22)27(33(29,30)23-14-6-19(25)7-15-23)17-24(28)26-16-18-4-10-21(31-2)11-5-18/h4-15H,3,16-17H2,1-2H3,(H,26,28). The molecule has 9 heteroatoms. The highest BCUT2D eigenvalue weighted by molar-refractivity contribution is 9.10. The molecule has 0 bridgehead atoms. The molecule has 0 heterocycles. The Labute approximate surface area is 202 Å². The molecule has 7 nitrogen and oxygen atoms in total. The van der Waals surface area contributed by atoms with Crippen molar-refractivity contribution in [3.8, 4) is 11.5 Å². The van der Waals surface area contributed by atoms with Crippen molar-refractivity contribution >= 4 is 37.5 Å². The zero-order valence-corrected chi connectivity index (χ0v) is 20.7. The largest absolute Gasteiger partial charge is 0.497 e. The van der Waals surface area contributed by atoms with E-state index in [9.17, 15) is 13.2 Å². The van der Waals surface area contributed by atoms with Crippen molar-refractivity contribution in [2.75, 3.05) is 24.6 Å². The van der Waals surface area contributed by atoms with E-state index in [0.29, 0.717) is 23.8 Å². The molecule has 33 heavy (non-hydrogen) atoms. The first kappa shape index (κ1) is 24.6. The molecular formula is C24H25BrN2O5S. The number of sulfonamides is 1. The van der Waals surface area contributed by atoms with E-state index in [2.05, 4.69) is 21.2 Å². The van der Waals surface area contributed by atoms with Gasteiger partial charge in [-0.15, -0.1) is 0 Å². The molecular weight excluding hydrogens is 508 g/mol. The summed E-state index contributed by atoms with van der Waals surface area (Å²) in [5.74, 6) is 0.902. The van der Waals surface area contributed by atoms with E-state index in [1.807, 2.05) is 19.1 Å². The van der Waals surface area contributed by atoms with E-state index in [4.69, 9.17) is 9.47 Å². The second-order valence-corrected chi connectivity index (χ2v) is 9.80. The quantitative estimate of drug-likeness (QED) is 0.419. The highest BCUT2D eigenvalue weighted by Crippen LogP contribution is 2.26. The minimum atomic E-state index is -3.99. The number of rotatable bonds is 10. The van der Waals surface area contributed by atoms with Crippen molar-refractivity contribution < 1.29 is 22.7 Å². The van der Waals surface area contributed by atoms with Gasteiger partial charge >= 0.3 is 0 Å². The number of carbonyl (C=O) groups is 1. The summed E-state index contributed by atoms with van der Waals surface area (Å²) in [4.78, 5) is 12.8. The van der Waals surface area contributed by atoms with E-state index in [1.54, 1.807) is 55.6 Å². The fourth-order valence-corrected chi connectivity index (χ4v) is 4.74. The van der Waals surface area contributed by atoms with Crippen LogP contribution in [0.4, 0.5) is 5.69 Å². The maximum absolute atomic E-state index is 13.4. The lowest BCUT2D eigenvalue weighted by molar-refractivity contribution is -0.119. The van der Waals surface area contributed by atoms with Gasteiger partial charge in [0.15, 0.2) is 0 Å². The van der Waals surface area contributed by atoms with Crippen molar-refractivity contribution in [1.29, 1.82) is 0 Å². The molecule has 1 amide bonds. The fraction of sp³-hybridized carbons (Fsp3) is 0.208. The number of nitrogens with one attached hydrogen (secondary N) is 1. The first-order valence-electron chi connectivity index (χ1n) is 10.2. The number of methoxy groups -OCH3 is 1. The summed E-state index contributed by atoms with van der Waals surface area (Å²) in [6, 6.07) is 20.2. The Morgan fingerprint density at radius 2 is 1.55 bits per heavy atom. The van der Waals surface area contributed by atoms with Crippen LogP contribution in [-0.2, 0) is 21.4 Å². The molecule has 174 valence electrons. The molecule has 0 atom stereocenters. The molecule has 0 saturated carbocycles. The summed E-state index contributed by atoms with van der Waals surface area (Å²) in [7, 11) is -2.41. The van der Waals surface area contributed by atoms with Gasteiger partial charge in [0, 0.05) is 11.0 Å². The number of nitrogens with zero attached hydrogens (tertiary/aromatic N) is 1. The van der Waals surface area contributed by atoms with Gasteiger partial charge in [0.05, 0.1) is 24.3 Å². The van der Waals surface area contributed by atoms with Gasteiger partial charge in [0.1, 0.15) is 18.0 Å². The van der Waals surface area contributed by atoms with Gasteiger partial charge in [-0.1, -0.05) is 28.1 Å². The van der Waals surface area contributed by atoms with E-state index < -0.39 is 15.9 Å². The Bertz CT molecular complexity index is 1160. The first-order chi connectivity index (χ1) is 15.8. The van der Waals surface area contributed by atoms with Crippen molar-refractivity contribution in [2.24, 2.45) is 0 Å². The Morgan fingerprint density at radius 1 is 0.939 bits per heavy atom. The smallest absolute Gasteiger partial charge is 0.264 e. The van der Waals surface area contributed by atoms with Crippen LogP contribution in [0.25, 0.3) is 0 Å². The van der Waals surface area contributed by atoms with E-state index in [1.165, 1.54) is 12.1 Å². The minimum absolute atomic E-state index is 0.0857. The van der Waals surface area contributed by atoms with Gasteiger partial charge in [-0.3, -0.25) is 9.10 Å². The number of anilines is 1. The van der Waals surface area contributed by atoms with Crippen LogP contribution in [0.1, 0.15) is 12.5 Å². The minimum Gasteiger partial charge on any atom is -0.497 e. The number of amides is 1. The second kappa shape index (κ2) is 11.2. The van der Waals surface area contributed by atoms with Crippen LogP contribution in [0.3, 0.4) is 0 Å². The average molecular weight is 533 g/mol. The maximum Gasteiger partial charge on any atom is 0.264 e. The summed E-state index contributed by atoms with van der Waals surface area (Å²) < 4.78 is 39.3. The van der Waals surface area contributed by atoms with Crippen LogP contribution in [0.2, 0.25) is 0 Å². The molecule has 3 rings (SSSR count). The van der Waals surface area contributed by atoms with Crippen LogP contribution >= 0.6 is 15.9 Å². The summed E-state index contributed by atoms with van der Waals surface area (Å²) in [5, 5.41) is 2.78. The second-order valence-electron chi connectivity index (χ2n) is 7.02. The predicted octanol–water partition coefficient (Wildman–Crippen LogP) is 4.37. The lowest BCUT2D eigenvalue weighted by atomic mass is 10.2. The molecule has 0 aliphatic heterocycles. The third-order valence-corrected chi connectivity index (χ3v) is 7.09. The molecule has 0 spiro atoms. The molecule has 0 aliphatic carbocycles. The van der Waals surface area contributed by atoms with E-state index in [-0.39, 0.29) is 18.0 Å². The van der Waals surface area contributed by atoms with Gasteiger partial charge < -0.3 is 14.8 Å². The number of hydrogen-bond acceptors (Lipinski definition) is 5. The molecule has 3 aromatic carbocycles. The normalized spacial score (nSPS) is 11.0. The van der Waals surface area contributed by atoms with Crippen LogP contribution < -0.4 is 19.1 Å². The van der Waals surface area contributed by atoms with Gasteiger partial charge in [0.25, 0.3) is 10.0 Å². The van der Waals surface area contributed by atoms with E-state index in [0.717, 1.165) is 14.3 Å². The fourth-order valence-electron chi connectivity index (χ4n) is 3.05. The molecule has 0 radical (unpaired) electrons. The summed E-state index contributed by atoms with van der Waals surface area (Å²) >= 11 is 3.31. The predicted molar refractivity (Wildman–Crippen MR) is 131 cm³/mol. The van der Waals surface area contributed by atoms with Gasteiger partial charge in [-0.05, 0) is 73.2 Å². The zero-order chi connectivity index (χ0) is 23.8. The molecule has 0 aromatic heterocycles. The van der Waals surface area contributed by atoms with Crippen LogP contribution in [0.15, 0.2) is 82.2 Å². The monoisotopic (exact) mass is 532 g/mol. The maximum atomic E-state index is 13.4. The SMILES string of the molecule is CCOc1ccc(N(CC(=O)NCc2ccc(OC)cc2)S(=O)(=O)c2ccc(Br)cc2)cc1. The molecule has 0 saturated heterocycles. The van der Waals surface area contributed by atoms with E-state index >= 15 is 0 Å². The lowest BCUT2D eigenvalue weighted by Crippen LogP contribution is -2.40. The molecule has 0 aliphatic rings. The van der Waals surface area contributed by atoms with Crippen molar-refractivity contribution in [3.63, 3.8) is 0 Å². The molecule has 1 N–H and O–H groups in total. The van der Waals surface area contributed by atoms with Gasteiger partial charge in [-0.25, -0.2) is 8.42 Å². The lowest BCUT2D eigenvalue weighted by Gasteiger charge is -2.24. The zero-order valence-electron chi connectivity index (χ0n) is 18.3. The van der Waals surface area contributed by atoms with Crippen molar-refractivity contribution in [2.45, 2.75) is 18.4 Å². The van der Waals surface area contributed by atoms with Gasteiger partial charge in [0.2, 0.25) is 5.91 Å². The average Bonchev–Trinajstić information content (AvgIpc) is 2.82. The van der Waals surface area contributed by atoms with Crippen LogP contribution in [0.5, 0.6) is 11.5 Å². The van der Waals surface area contributed by atoms with Gasteiger partial charge in [-0.2, -0.15) is 0 Å². The third-order valence-electron chi connectivity index (χ3n) is 4.77. The van der Waals surface area contributed by atoms with Crippen molar-refractivity contribution in [1.82, 2.24) is 5.32 Å². The number of benzene rings is 3. The van der Waals surface area contributed by atoms with Crippen LogP contribution in [-0.4, -0.2) is 34.6 Å². The van der Waals surface area contributed by atoms with Crippen LogP contribution in [0, 0.1) is 0 Å². The summed E-state index contributed by atoms with van der Waals surface area (Å²) in [6.45, 7) is 2.25. The highest BCUT2D eigenvalue weighted by atomic mass is 79.9. The van der Waals surface area contributed by atoms with Crippen molar-refractivity contribution in [3.05, 3.63) is 82.8 Å². The number of carbonyl (C=O) groups excluding carboxylic acids is 1. The molecule has 0 unspecified atom stereocenters. The summed E-state index contributed by atoms with van der Waals surface area (Å²) in [6.07, 6.45) is 0. The molecule has 3 aromatic rings. The Kier molecular flexibility index (Phi) is 8.35. The number of hydrogen-bond donors (Lipinski definition) is 1. The number of halogens is 1. The summed E-state index contributed by atoms with van der Waals surface area (Å²) in [5.41, 5.74) is 1.23. The number of ether oxygens (including phenoxy) is 2. The Morgan fingerprint density at radius 3 is 2.12 bits per heavy atom.